The molecule has 3 aromatic rings. The number of carbonyl (C=O) groups excluding carboxylic acids is 3. The Morgan fingerprint density at radius 1 is 0.977 bits per heavy atom. The van der Waals surface area contributed by atoms with Crippen molar-refractivity contribution in [1.82, 2.24) is 29.7 Å². The van der Waals surface area contributed by atoms with Crippen molar-refractivity contribution >= 4 is 28.8 Å². The van der Waals surface area contributed by atoms with Crippen molar-refractivity contribution in [1.29, 1.82) is 0 Å². The van der Waals surface area contributed by atoms with E-state index in [1.807, 2.05) is 85.8 Å². The molecule has 11 heteroatoms. The molecule has 1 aromatic heterocycles. The topological polar surface area (TPSA) is 121 Å². The lowest BCUT2D eigenvalue weighted by Crippen LogP contribution is -2.58. The van der Waals surface area contributed by atoms with Gasteiger partial charge in [-0.25, -0.2) is 4.68 Å². The molecule has 44 heavy (non-hydrogen) atoms. The average molecular weight is 597 g/mol. The van der Waals surface area contributed by atoms with Crippen LogP contribution in [0.15, 0.2) is 78.9 Å². The van der Waals surface area contributed by atoms with E-state index in [1.54, 1.807) is 14.5 Å². The molecule has 5 heterocycles. The second-order valence-corrected chi connectivity index (χ2v) is 12.0. The van der Waals surface area contributed by atoms with Crippen molar-refractivity contribution in [3.8, 4) is 0 Å². The second kappa shape index (κ2) is 11.3. The van der Waals surface area contributed by atoms with Gasteiger partial charge in [0.2, 0.25) is 11.8 Å². The molecule has 2 fully saturated rings. The number of amides is 3. The Bertz CT molecular complexity index is 1640. The van der Waals surface area contributed by atoms with E-state index in [0.717, 1.165) is 17.5 Å². The van der Waals surface area contributed by atoms with Gasteiger partial charge < -0.3 is 24.5 Å². The molecule has 2 aromatic carbocycles. The van der Waals surface area contributed by atoms with E-state index in [2.05, 4.69) is 10.3 Å². The smallest absolute Gasteiger partial charge is 0.250 e. The maximum Gasteiger partial charge on any atom is 0.250 e. The number of nitrogens with zero attached hydrogens (tertiary/aromatic N) is 6. The minimum Gasteiger partial charge on any atom is -0.394 e. The molecule has 0 saturated carbocycles. The van der Waals surface area contributed by atoms with Crippen molar-refractivity contribution in [3.63, 3.8) is 0 Å². The molecular weight excluding hydrogens is 560 g/mol. The summed E-state index contributed by atoms with van der Waals surface area (Å²) in [5.41, 5.74) is 1.05. The largest absolute Gasteiger partial charge is 0.394 e. The number of aliphatic hydroxyl groups is 1. The highest BCUT2D eigenvalue weighted by Gasteiger charge is 2.72. The monoisotopic (exact) mass is 596 g/mol. The van der Waals surface area contributed by atoms with Crippen molar-refractivity contribution in [2.45, 2.75) is 50.2 Å². The van der Waals surface area contributed by atoms with Crippen LogP contribution in [-0.2, 0) is 32.2 Å². The fourth-order valence-electron chi connectivity index (χ4n) is 7.49. The summed E-state index contributed by atoms with van der Waals surface area (Å²) in [5.74, 6) is -2.50. The predicted molar refractivity (Wildman–Crippen MR) is 161 cm³/mol. The summed E-state index contributed by atoms with van der Waals surface area (Å²) < 4.78 is 8.43. The number of ether oxygens (including phenoxy) is 1. The van der Waals surface area contributed by atoms with Crippen molar-refractivity contribution in [2.24, 2.45) is 11.8 Å². The third-order valence-electron chi connectivity index (χ3n) is 9.40. The fraction of sp³-hybridized carbons (Fsp3) is 0.424. The van der Waals surface area contributed by atoms with Crippen LogP contribution in [0.3, 0.4) is 0 Å². The fourth-order valence-corrected chi connectivity index (χ4v) is 7.49. The summed E-state index contributed by atoms with van der Waals surface area (Å²) in [5, 5.41) is 19.2. The molecule has 6 atom stereocenters. The van der Waals surface area contributed by atoms with Gasteiger partial charge in [-0.2, -0.15) is 0 Å². The van der Waals surface area contributed by atoms with Gasteiger partial charge in [0.15, 0.2) is 0 Å². The number of rotatable bonds is 8. The Kier molecular flexibility index (Phi) is 7.30. The highest BCUT2D eigenvalue weighted by Crippen LogP contribution is 2.54. The number of benzene rings is 2. The molecule has 11 nitrogen and oxygen atoms in total. The minimum absolute atomic E-state index is 0.113. The van der Waals surface area contributed by atoms with Crippen LogP contribution in [0.25, 0.3) is 11.0 Å². The third-order valence-corrected chi connectivity index (χ3v) is 9.40. The normalized spacial score (nSPS) is 28.7. The third kappa shape index (κ3) is 4.45. The Balaban J connectivity index is 1.31. The molecule has 2 saturated heterocycles. The first kappa shape index (κ1) is 28.4. The van der Waals surface area contributed by atoms with Gasteiger partial charge in [-0.05, 0) is 30.5 Å². The SMILES string of the molecule is CCCN1CC=C[C@H]2O[C@]34C=CCN(Cn5nnc6ccccc65)C(=O)C3N([C@@H](CO)Cc3ccccc3)C(=O)[C@@H]4[C@H]2C1=O. The molecule has 228 valence electrons. The number of carbonyl (C=O) groups is 3. The number of hydrogen-bond donors (Lipinski definition) is 1. The Morgan fingerprint density at radius 2 is 1.75 bits per heavy atom. The van der Waals surface area contributed by atoms with Crippen molar-refractivity contribution < 1.29 is 24.2 Å². The lowest BCUT2D eigenvalue weighted by Gasteiger charge is -2.38. The number of likely N-dealkylation sites (tertiary alicyclic amines) is 1. The highest BCUT2D eigenvalue weighted by molar-refractivity contribution is 6.00. The van der Waals surface area contributed by atoms with Crippen LogP contribution in [0, 0.1) is 11.8 Å². The number of para-hydroxylation sites is 1. The number of aromatic nitrogens is 3. The standard InChI is InChI=1S/C33H36N6O5/c1-2-16-36-17-8-14-26-27(30(36)41)28-31(42)39(23(20-40)19-22-10-4-3-5-11-22)29-32(43)37(18-9-15-33(28,29)44-26)21-38-25-13-7-6-12-24(25)34-35-38/h3-15,23,26-29,40H,2,16-21H2,1H3/t23-,26-,27+,28+,29?,33+/m1/s1. The van der Waals surface area contributed by atoms with Gasteiger partial charge >= 0.3 is 0 Å². The summed E-state index contributed by atoms with van der Waals surface area (Å²) in [6.07, 6.45) is 7.96. The van der Waals surface area contributed by atoms with Crippen molar-refractivity contribution in [2.75, 3.05) is 26.2 Å². The van der Waals surface area contributed by atoms with E-state index in [-0.39, 0.29) is 37.5 Å². The summed E-state index contributed by atoms with van der Waals surface area (Å²) in [4.78, 5) is 48.4. The molecule has 1 spiro atoms. The number of aliphatic hydroxyl groups excluding tert-OH is 1. The molecule has 7 rings (SSSR count). The molecule has 1 unspecified atom stereocenters. The highest BCUT2D eigenvalue weighted by atomic mass is 16.5. The number of hydrogen-bond acceptors (Lipinski definition) is 7. The van der Waals surface area contributed by atoms with Crippen LogP contribution in [-0.4, -0.2) is 103 Å². The Morgan fingerprint density at radius 3 is 2.55 bits per heavy atom. The van der Waals surface area contributed by atoms with Gasteiger partial charge in [0.1, 0.15) is 23.8 Å². The summed E-state index contributed by atoms with van der Waals surface area (Å²) in [6.45, 7) is 3.04. The Labute approximate surface area is 255 Å². The summed E-state index contributed by atoms with van der Waals surface area (Å²) >= 11 is 0. The van der Waals surface area contributed by atoms with Gasteiger partial charge in [-0.15, -0.1) is 5.10 Å². The maximum atomic E-state index is 14.7. The lowest BCUT2D eigenvalue weighted by molar-refractivity contribution is -0.152. The van der Waals surface area contributed by atoms with E-state index in [9.17, 15) is 19.5 Å². The molecule has 0 aliphatic carbocycles. The van der Waals surface area contributed by atoms with Crippen LogP contribution in [0.5, 0.6) is 0 Å². The van der Waals surface area contributed by atoms with E-state index in [1.165, 1.54) is 4.90 Å². The second-order valence-electron chi connectivity index (χ2n) is 12.0. The zero-order valence-electron chi connectivity index (χ0n) is 24.6. The summed E-state index contributed by atoms with van der Waals surface area (Å²) in [7, 11) is 0. The minimum atomic E-state index is -1.37. The van der Waals surface area contributed by atoms with Gasteiger partial charge in [0.05, 0.1) is 36.1 Å². The Hall–Kier alpha value is -4.35. The summed E-state index contributed by atoms with van der Waals surface area (Å²) in [6, 6.07) is 15.3. The lowest BCUT2D eigenvalue weighted by atomic mass is 9.77. The maximum absolute atomic E-state index is 14.7. The van der Waals surface area contributed by atoms with Crippen LogP contribution in [0.4, 0.5) is 0 Å². The first-order valence-electron chi connectivity index (χ1n) is 15.3. The van der Waals surface area contributed by atoms with Gasteiger partial charge in [-0.3, -0.25) is 14.4 Å². The van der Waals surface area contributed by atoms with Gasteiger partial charge in [0, 0.05) is 19.6 Å². The zero-order chi connectivity index (χ0) is 30.4. The zero-order valence-corrected chi connectivity index (χ0v) is 24.6. The molecule has 1 N–H and O–H groups in total. The van der Waals surface area contributed by atoms with Gasteiger partial charge in [0.25, 0.3) is 5.91 Å². The van der Waals surface area contributed by atoms with Crippen LogP contribution < -0.4 is 0 Å². The van der Waals surface area contributed by atoms with Crippen LogP contribution in [0.1, 0.15) is 18.9 Å². The van der Waals surface area contributed by atoms with Gasteiger partial charge in [-0.1, -0.05) is 78.9 Å². The van der Waals surface area contributed by atoms with E-state index in [4.69, 9.17) is 4.74 Å². The average Bonchev–Trinajstić information content (AvgIpc) is 3.60. The number of fused-ring (bicyclic) bond motifs is 3. The quantitative estimate of drug-likeness (QED) is 0.394. The van der Waals surface area contributed by atoms with Crippen LogP contribution in [0.2, 0.25) is 0 Å². The molecule has 4 aliphatic rings. The first-order chi connectivity index (χ1) is 21.5. The van der Waals surface area contributed by atoms with E-state index < -0.39 is 35.6 Å². The molecule has 3 amide bonds. The molecule has 4 aliphatic heterocycles. The first-order valence-corrected chi connectivity index (χ1v) is 15.3. The van der Waals surface area contributed by atoms with E-state index in [0.29, 0.717) is 25.0 Å². The molecule has 0 bridgehead atoms. The van der Waals surface area contributed by atoms with Crippen molar-refractivity contribution in [3.05, 3.63) is 84.5 Å². The molecule has 0 radical (unpaired) electrons. The van der Waals surface area contributed by atoms with Crippen LogP contribution >= 0.6 is 0 Å². The predicted octanol–water partition coefficient (Wildman–Crippen LogP) is 1.78. The molecular formula is C33H36N6O5. The van der Waals surface area contributed by atoms with E-state index >= 15 is 0 Å².